The molecular weight excluding hydrogens is 233 g/mol. The summed E-state index contributed by atoms with van der Waals surface area (Å²) in [7, 11) is 0. The summed E-state index contributed by atoms with van der Waals surface area (Å²) in [5, 5.41) is 10.8. The van der Waals surface area contributed by atoms with Crippen LogP contribution in [0.15, 0.2) is 18.2 Å². The van der Waals surface area contributed by atoms with Crippen LogP contribution in [-0.4, -0.2) is 17.3 Å². The number of hydrogen-bond donors (Lipinski definition) is 2. The predicted molar refractivity (Wildman–Crippen MR) is 64.4 cm³/mol. The van der Waals surface area contributed by atoms with E-state index in [1.165, 1.54) is 0 Å². The van der Waals surface area contributed by atoms with Crippen molar-refractivity contribution >= 4 is 23.2 Å². The Hall–Kier alpha value is -0.280. The van der Waals surface area contributed by atoms with E-state index in [0.29, 0.717) is 22.9 Å². The molecule has 0 saturated heterocycles. The van der Waals surface area contributed by atoms with Crippen LogP contribution in [0.5, 0.6) is 0 Å². The van der Waals surface area contributed by atoms with Gasteiger partial charge in [0.25, 0.3) is 0 Å². The summed E-state index contributed by atoms with van der Waals surface area (Å²) in [5.74, 6) is 0. The molecule has 2 nitrogen and oxygen atoms in total. The van der Waals surface area contributed by atoms with E-state index in [1.807, 2.05) is 0 Å². The van der Waals surface area contributed by atoms with Gasteiger partial charge in [-0.1, -0.05) is 29.3 Å². The molecule has 0 aliphatic carbocycles. The molecule has 1 aromatic carbocycles. The lowest BCUT2D eigenvalue weighted by Gasteiger charge is -2.15. The Morgan fingerprint density at radius 2 is 1.87 bits per heavy atom. The maximum Gasteiger partial charge on any atom is 0.0691 e. The fourth-order valence-corrected chi connectivity index (χ4v) is 1.91. The zero-order valence-electron chi connectivity index (χ0n) is 8.58. The van der Waals surface area contributed by atoms with Crippen molar-refractivity contribution in [3.63, 3.8) is 0 Å². The van der Waals surface area contributed by atoms with Crippen molar-refractivity contribution in [2.24, 2.45) is 5.73 Å². The zero-order chi connectivity index (χ0) is 11.4. The van der Waals surface area contributed by atoms with Gasteiger partial charge in [-0.3, -0.25) is 0 Å². The Kier molecular flexibility index (Phi) is 4.87. The van der Waals surface area contributed by atoms with Crippen molar-refractivity contribution < 1.29 is 5.11 Å². The number of hydrogen-bond acceptors (Lipinski definition) is 2. The molecule has 15 heavy (non-hydrogen) atoms. The average Bonchev–Trinajstić information content (AvgIpc) is 2.16. The average molecular weight is 248 g/mol. The quantitative estimate of drug-likeness (QED) is 0.860. The van der Waals surface area contributed by atoms with Gasteiger partial charge in [-0.25, -0.2) is 0 Å². The monoisotopic (exact) mass is 247 g/mol. The highest BCUT2D eigenvalue weighted by Gasteiger charge is 2.12. The van der Waals surface area contributed by atoms with E-state index in [9.17, 15) is 5.11 Å². The van der Waals surface area contributed by atoms with Crippen LogP contribution in [0.1, 0.15) is 18.9 Å². The van der Waals surface area contributed by atoms with Crippen LogP contribution in [0.2, 0.25) is 10.0 Å². The maximum atomic E-state index is 9.56. The molecule has 0 bridgehead atoms. The normalized spacial score (nSPS) is 15.0. The number of halogens is 2. The molecule has 0 aliphatic heterocycles. The second kappa shape index (κ2) is 5.71. The second-order valence-corrected chi connectivity index (χ2v) is 4.48. The molecule has 0 fully saturated rings. The zero-order valence-corrected chi connectivity index (χ0v) is 10.1. The van der Waals surface area contributed by atoms with E-state index in [2.05, 4.69) is 0 Å². The summed E-state index contributed by atoms with van der Waals surface area (Å²) < 4.78 is 0. The van der Waals surface area contributed by atoms with Gasteiger partial charge in [-0.2, -0.15) is 0 Å². The Bertz CT molecular complexity index is 308. The first-order valence-corrected chi connectivity index (χ1v) is 5.64. The Labute approximate surface area is 100.0 Å². The van der Waals surface area contributed by atoms with E-state index in [1.54, 1.807) is 25.1 Å². The lowest BCUT2D eigenvalue weighted by Crippen LogP contribution is -2.31. The molecular formula is C11H15Cl2NO. The van der Waals surface area contributed by atoms with Crippen LogP contribution < -0.4 is 5.73 Å². The summed E-state index contributed by atoms with van der Waals surface area (Å²) >= 11 is 12.0. The van der Waals surface area contributed by atoms with Crippen LogP contribution in [0.25, 0.3) is 0 Å². The molecule has 2 atom stereocenters. The molecule has 0 radical (unpaired) electrons. The van der Waals surface area contributed by atoms with Crippen LogP contribution in [0.4, 0.5) is 0 Å². The van der Waals surface area contributed by atoms with Gasteiger partial charge in [0, 0.05) is 16.1 Å². The van der Waals surface area contributed by atoms with Crippen molar-refractivity contribution in [1.29, 1.82) is 0 Å². The summed E-state index contributed by atoms with van der Waals surface area (Å²) in [6.07, 6.45) is 0.694. The SMILES string of the molecule is CC(N)C(O)CCc1c(Cl)cccc1Cl. The predicted octanol–water partition coefficient (Wildman–Crippen LogP) is 2.63. The second-order valence-electron chi connectivity index (χ2n) is 3.67. The molecule has 3 N–H and O–H groups in total. The highest BCUT2D eigenvalue weighted by Crippen LogP contribution is 2.25. The summed E-state index contributed by atoms with van der Waals surface area (Å²) in [6.45, 7) is 1.78. The summed E-state index contributed by atoms with van der Waals surface area (Å²) in [6, 6.07) is 5.16. The van der Waals surface area contributed by atoms with Crippen molar-refractivity contribution in [2.45, 2.75) is 31.9 Å². The minimum atomic E-state index is -0.516. The Morgan fingerprint density at radius 1 is 1.33 bits per heavy atom. The molecule has 4 heteroatoms. The fraction of sp³-hybridized carbons (Fsp3) is 0.455. The van der Waals surface area contributed by atoms with E-state index >= 15 is 0 Å². The van der Waals surface area contributed by atoms with Crippen LogP contribution >= 0.6 is 23.2 Å². The molecule has 0 heterocycles. The molecule has 0 aromatic heterocycles. The molecule has 84 valence electrons. The fourth-order valence-electron chi connectivity index (χ4n) is 1.33. The molecule has 0 saturated carbocycles. The van der Waals surface area contributed by atoms with Gasteiger partial charge >= 0.3 is 0 Å². The van der Waals surface area contributed by atoms with Gasteiger partial charge in [0.15, 0.2) is 0 Å². The van der Waals surface area contributed by atoms with Crippen molar-refractivity contribution in [1.82, 2.24) is 0 Å². The lowest BCUT2D eigenvalue weighted by molar-refractivity contribution is 0.141. The van der Waals surface area contributed by atoms with E-state index < -0.39 is 6.10 Å². The first kappa shape index (κ1) is 12.8. The highest BCUT2D eigenvalue weighted by atomic mass is 35.5. The van der Waals surface area contributed by atoms with Crippen molar-refractivity contribution in [3.05, 3.63) is 33.8 Å². The smallest absolute Gasteiger partial charge is 0.0691 e. The van der Waals surface area contributed by atoms with Gasteiger partial charge in [-0.05, 0) is 37.5 Å². The minimum Gasteiger partial charge on any atom is -0.392 e. The minimum absolute atomic E-state index is 0.230. The van der Waals surface area contributed by atoms with E-state index in [4.69, 9.17) is 28.9 Å². The van der Waals surface area contributed by atoms with Crippen LogP contribution in [0, 0.1) is 0 Å². The van der Waals surface area contributed by atoms with Gasteiger partial charge < -0.3 is 10.8 Å². The topological polar surface area (TPSA) is 46.2 Å². The largest absolute Gasteiger partial charge is 0.392 e. The van der Waals surface area contributed by atoms with Crippen LogP contribution in [0.3, 0.4) is 0 Å². The molecule has 0 spiro atoms. The molecule has 2 unspecified atom stereocenters. The molecule has 0 aliphatic rings. The van der Waals surface area contributed by atoms with Gasteiger partial charge in [-0.15, -0.1) is 0 Å². The first-order chi connectivity index (χ1) is 7.02. The third-order valence-electron chi connectivity index (χ3n) is 2.36. The van der Waals surface area contributed by atoms with E-state index in [0.717, 1.165) is 5.56 Å². The van der Waals surface area contributed by atoms with E-state index in [-0.39, 0.29) is 6.04 Å². The Balaban J connectivity index is 2.65. The first-order valence-electron chi connectivity index (χ1n) is 4.89. The molecule has 1 aromatic rings. The van der Waals surface area contributed by atoms with Gasteiger partial charge in [0.2, 0.25) is 0 Å². The number of benzene rings is 1. The van der Waals surface area contributed by atoms with Gasteiger partial charge in [0.1, 0.15) is 0 Å². The number of aliphatic hydroxyl groups excluding tert-OH is 1. The third-order valence-corrected chi connectivity index (χ3v) is 3.07. The molecule has 0 amide bonds. The van der Waals surface area contributed by atoms with Crippen molar-refractivity contribution in [2.75, 3.05) is 0 Å². The van der Waals surface area contributed by atoms with Crippen molar-refractivity contribution in [3.8, 4) is 0 Å². The number of nitrogens with two attached hydrogens (primary N) is 1. The Morgan fingerprint density at radius 3 is 2.33 bits per heavy atom. The summed E-state index contributed by atoms with van der Waals surface area (Å²) in [5.41, 5.74) is 6.44. The lowest BCUT2D eigenvalue weighted by atomic mass is 10.0. The standard InChI is InChI=1S/C11H15Cl2NO/c1-7(14)11(15)6-5-8-9(12)3-2-4-10(8)13/h2-4,7,11,15H,5-6,14H2,1H3. The van der Waals surface area contributed by atoms with Gasteiger partial charge in [0.05, 0.1) is 6.10 Å². The highest BCUT2D eigenvalue weighted by molar-refractivity contribution is 6.35. The molecule has 1 rings (SSSR count). The number of rotatable bonds is 4. The van der Waals surface area contributed by atoms with Crippen LogP contribution in [-0.2, 0) is 6.42 Å². The number of aliphatic hydroxyl groups is 1. The third kappa shape index (κ3) is 3.65. The maximum absolute atomic E-state index is 9.56. The summed E-state index contributed by atoms with van der Waals surface area (Å²) in [4.78, 5) is 0.